The molecule has 106 valence electrons. The van der Waals surface area contributed by atoms with Gasteiger partial charge in [-0.05, 0) is 36.4 Å². The van der Waals surface area contributed by atoms with Crippen molar-refractivity contribution in [3.05, 3.63) is 52.3 Å². The second kappa shape index (κ2) is 7.07. The molecule has 20 heavy (non-hydrogen) atoms. The van der Waals surface area contributed by atoms with Crippen LogP contribution >= 0.6 is 35.0 Å². The molecule has 0 aromatic heterocycles. The fourth-order valence-electron chi connectivity index (χ4n) is 1.55. The zero-order valence-corrected chi connectivity index (χ0v) is 12.7. The molecule has 0 radical (unpaired) electrons. The highest BCUT2D eigenvalue weighted by Crippen LogP contribution is 2.29. The maximum Gasteiger partial charge on any atom is 0.138 e. The van der Waals surface area contributed by atoms with Gasteiger partial charge in [-0.25, -0.2) is 4.39 Å². The van der Waals surface area contributed by atoms with E-state index in [9.17, 15) is 4.39 Å². The molecule has 0 heterocycles. The van der Waals surface area contributed by atoms with Crippen LogP contribution in [0.3, 0.4) is 0 Å². The van der Waals surface area contributed by atoms with E-state index in [1.807, 2.05) is 0 Å². The Morgan fingerprint density at radius 3 is 2.65 bits per heavy atom. The summed E-state index contributed by atoms with van der Waals surface area (Å²) in [7, 11) is 0. The fourth-order valence-corrected chi connectivity index (χ4v) is 2.79. The van der Waals surface area contributed by atoms with Gasteiger partial charge in [-0.2, -0.15) is 0 Å². The maximum absolute atomic E-state index is 12.9. The molecule has 2 rings (SSSR count). The Kier molecular flexibility index (Phi) is 5.40. The topological polar surface area (TPSA) is 35.2 Å². The lowest BCUT2D eigenvalue weighted by Gasteiger charge is -2.09. The molecule has 2 aromatic carbocycles. The van der Waals surface area contributed by atoms with Gasteiger partial charge in [-0.1, -0.05) is 23.2 Å². The summed E-state index contributed by atoms with van der Waals surface area (Å²) in [5, 5.41) is 1.04. The number of nitrogen functional groups attached to an aromatic ring is 1. The number of rotatable bonds is 5. The Morgan fingerprint density at radius 1 is 1.15 bits per heavy atom. The van der Waals surface area contributed by atoms with Gasteiger partial charge in [0.2, 0.25) is 0 Å². The zero-order chi connectivity index (χ0) is 14.5. The quantitative estimate of drug-likeness (QED) is 0.481. The number of benzene rings is 2. The molecular formula is C14H12Cl2FNOS. The van der Waals surface area contributed by atoms with Crippen LogP contribution in [0, 0.1) is 5.82 Å². The van der Waals surface area contributed by atoms with Crippen LogP contribution < -0.4 is 10.5 Å². The Morgan fingerprint density at radius 2 is 1.95 bits per heavy atom. The predicted molar refractivity (Wildman–Crippen MR) is 83.5 cm³/mol. The Bertz CT molecular complexity index is 556. The van der Waals surface area contributed by atoms with Crippen molar-refractivity contribution >= 4 is 40.7 Å². The summed E-state index contributed by atoms with van der Waals surface area (Å²) in [4.78, 5) is 0.831. The smallest absolute Gasteiger partial charge is 0.138 e. The van der Waals surface area contributed by atoms with Gasteiger partial charge in [-0.15, -0.1) is 11.8 Å². The van der Waals surface area contributed by atoms with Crippen molar-refractivity contribution in [3.8, 4) is 5.75 Å². The predicted octanol–water partition coefficient (Wildman–Crippen LogP) is 4.89. The molecule has 0 aliphatic rings. The zero-order valence-electron chi connectivity index (χ0n) is 10.4. The Labute approximate surface area is 131 Å². The van der Waals surface area contributed by atoms with E-state index in [2.05, 4.69) is 0 Å². The van der Waals surface area contributed by atoms with Crippen LogP contribution in [0.1, 0.15) is 0 Å². The number of halogens is 3. The number of thioether (sulfide) groups is 1. The summed E-state index contributed by atoms with van der Waals surface area (Å²) >= 11 is 13.3. The minimum absolute atomic E-state index is 0.337. The van der Waals surface area contributed by atoms with E-state index in [-0.39, 0.29) is 5.82 Å². The molecule has 2 aromatic rings. The molecule has 0 saturated heterocycles. The van der Waals surface area contributed by atoms with E-state index in [1.54, 1.807) is 24.3 Å². The van der Waals surface area contributed by atoms with Crippen LogP contribution in [-0.2, 0) is 0 Å². The van der Waals surface area contributed by atoms with Gasteiger partial charge in [-0.3, -0.25) is 0 Å². The van der Waals surface area contributed by atoms with Crippen molar-refractivity contribution < 1.29 is 9.13 Å². The first-order valence-electron chi connectivity index (χ1n) is 5.82. The number of hydrogen-bond donors (Lipinski definition) is 1. The molecular weight excluding hydrogens is 320 g/mol. The molecule has 6 heteroatoms. The van der Waals surface area contributed by atoms with Crippen LogP contribution in [0.25, 0.3) is 0 Å². The normalized spacial score (nSPS) is 10.6. The largest absolute Gasteiger partial charge is 0.491 e. The van der Waals surface area contributed by atoms with E-state index < -0.39 is 0 Å². The molecule has 0 amide bonds. The van der Waals surface area contributed by atoms with Crippen molar-refractivity contribution in [2.24, 2.45) is 0 Å². The molecule has 0 saturated carbocycles. The molecule has 0 spiro atoms. The average molecular weight is 332 g/mol. The molecule has 0 aliphatic carbocycles. The molecule has 0 fully saturated rings. The van der Waals surface area contributed by atoms with Crippen LogP contribution in [0.4, 0.5) is 10.1 Å². The first-order valence-corrected chi connectivity index (χ1v) is 7.56. The van der Waals surface area contributed by atoms with Gasteiger partial charge in [0.05, 0.1) is 11.6 Å². The Hall–Kier alpha value is -1.10. The SMILES string of the molecule is Nc1cc(F)ccc1SCCOc1ccc(Cl)cc1Cl. The third kappa shape index (κ3) is 4.20. The highest BCUT2D eigenvalue weighted by atomic mass is 35.5. The van der Waals surface area contributed by atoms with E-state index >= 15 is 0 Å². The molecule has 0 bridgehead atoms. The summed E-state index contributed by atoms with van der Waals surface area (Å²) in [5.41, 5.74) is 6.15. The number of hydrogen-bond acceptors (Lipinski definition) is 3. The summed E-state index contributed by atoms with van der Waals surface area (Å²) in [6.45, 7) is 0.461. The Balaban J connectivity index is 1.84. The average Bonchev–Trinajstić information content (AvgIpc) is 2.39. The monoisotopic (exact) mass is 331 g/mol. The fraction of sp³-hybridized carbons (Fsp3) is 0.143. The van der Waals surface area contributed by atoms with Crippen LogP contribution in [0.15, 0.2) is 41.3 Å². The molecule has 2 nitrogen and oxygen atoms in total. The second-order valence-corrected chi connectivity index (χ2v) is 5.93. The third-order valence-electron chi connectivity index (χ3n) is 2.46. The van der Waals surface area contributed by atoms with Crippen molar-refractivity contribution in [1.82, 2.24) is 0 Å². The second-order valence-electron chi connectivity index (χ2n) is 3.95. The van der Waals surface area contributed by atoms with E-state index in [1.165, 1.54) is 23.9 Å². The lowest BCUT2D eigenvalue weighted by atomic mass is 10.3. The van der Waals surface area contributed by atoms with E-state index in [4.69, 9.17) is 33.7 Å². The van der Waals surface area contributed by atoms with Crippen molar-refractivity contribution in [2.45, 2.75) is 4.90 Å². The van der Waals surface area contributed by atoms with Crippen LogP contribution in [-0.4, -0.2) is 12.4 Å². The van der Waals surface area contributed by atoms with Gasteiger partial charge in [0.15, 0.2) is 0 Å². The summed E-state index contributed by atoms with van der Waals surface area (Å²) in [6, 6.07) is 9.42. The van der Waals surface area contributed by atoms with Gasteiger partial charge in [0.1, 0.15) is 11.6 Å². The minimum atomic E-state index is -0.337. The van der Waals surface area contributed by atoms with Crippen molar-refractivity contribution in [1.29, 1.82) is 0 Å². The van der Waals surface area contributed by atoms with Gasteiger partial charge in [0.25, 0.3) is 0 Å². The molecule has 0 unspecified atom stereocenters. The molecule has 0 aliphatic heterocycles. The van der Waals surface area contributed by atoms with Crippen LogP contribution in [0.5, 0.6) is 5.75 Å². The van der Waals surface area contributed by atoms with Crippen molar-refractivity contribution in [2.75, 3.05) is 18.1 Å². The van der Waals surface area contributed by atoms with Gasteiger partial charge < -0.3 is 10.5 Å². The summed E-state index contributed by atoms with van der Waals surface area (Å²) in [6.07, 6.45) is 0. The first kappa shape index (κ1) is 15.3. The third-order valence-corrected chi connectivity index (χ3v) is 4.05. The van der Waals surface area contributed by atoms with E-state index in [0.29, 0.717) is 33.8 Å². The maximum atomic E-state index is 12.9. The van der Waals surface area contributed by atoms with Crippen molar-refractivity contribution in [3.63, 3.8) is 0 Å². The number of nitrogens with two attached hydrogens (primary N) is 1. The minimum Gasteiger partial charge on any atom is -0.491 e. The number of ether oxygens (including phenoxy) is 1. The highest BCUT2D eigenvalue weighted by Gasteiger charge is 2.04. The van der Waals surface area contributed by atoms with Crippen LogP contribution in [0.2, 0.25) is 10.0 Å². The standard InChI is InChI=1S/C14H12Cl2FNOS/c15-9-1-3-13(11(16)7-9)19-5-6-20-14-4-2-10(17)8-12(14)18/h1-4,7-8H,5-6,18H2. The number of anilines is 1. The van der Waals surface area contributed by atoms with Gasteiger partial charge >= 0.3 is 0 Å². The molecule has 2 N–H and O–H groups in total. The highest BCUT2D eigenvalue weighted by molar-refractivity contribution is 7.99. The van der Waals surface area contributed by atoms with E-state index in [0.717, 1.165) is 4.90 Å². The lowest BCUT2D eigenvalue weighted by Crippen LogP contribution is -2.01. The summed E-state index contributed by atoms with van der Waals surface area (Å²) < 4.78 is 18.4. The van der Waals surface area contributed by atoms with Gasteiger partial charge in [0, 0.05) is 21.4 Å². The molecule has 0 atom stereocenters. The lowest BCUT2D eigenvalue weighted by molar-refractivity contribution is 0.344. The summed E-state index contributed by atoms with van der Waals surface area (Å²) in [5.74, 6) is 0.925. The first-order chi connectivity index (χ1) is 9.56.